The normalized spacial score (nSPS) is 15.0. The number of rotatable bonds is 48. The van der Waals surface area contributed by atoms with Crippen molar-refractivity contribution in [3.05, 3.63) is 273 Å². The van der Waals surface area contributed by atoms with E-state index in [1.54, 1.807) is 25.3 Å². The Morgan fingerprint density at radius 1 is 0.232 bits per heavy atom. The molecule has 0 radical (unpaired) electrons. The van der Waals surface area contributed by atoms with Crippen molar-refractivity contribution < 1.29 is 47.0 Å². The summed E-state index contributed by atoms with van der Waals surface area (Å²) in [5.74, 6) is 0. The molecule has 0 bridgehead atoms. The van der Waals surface area contributed by atoms with Crippen molar-refractivity contribution in [3.63, 3.8) is 0 Å². The summed E-state index contributed by atoms with van der Waals surface area (Å²) in [6.07, 6.45) is 40.8. The van der Waals surface area contributed by atoms with Crippen LogP contribution in [0.1, 0.15) is 304 Å². The number of ether oxygens (including phenoxy) is 6. The summed E-state index contributed by atoms with van der Waals surface area (Å²) >= 11 is 29.9. The first-order valence-electron chi connectivity index (χ1n) is 51.0. The number of hydrogen-bond donors (Lipinski definition) is 0. The molecule has 2 fully saturated rings. The van der Waals surface area contributed by atoms with Crippen molar-refractivity contribution >= 4 is 153 Å². The van der Waals surface area contributed by atoms with E-state index in [1.807, 2.05) is 0 Å². The Hall–Kier alpha value is -4.23. The molecule has 20 heteroatoms. The summed E-state index contributed by atoms with van der Waals surface area (Å²) in [6, 6.07) is 67.9. The first-order valence-corrected chi connectivity index (χ1v) is 57.3. The van der Waals surface area contributed by atoms with Crippen LogP contribution in [-0.4, -0.2) is 121 Å². The van der Waals surface area contributed by atoms with Gasteiger partial charge in [0.05, 0.1) is 58.3 Å². The van der Waals surface area contributed by atoms with E-state index in [1.165, 1.54) is 300 Å². The molecule has 0 N–H and O–H groups in total. The zero-order valence-electron chi connectivity index (χ0n) is 81.1. The minimum atomic E-state index is -0.337. The highest BCUT2D eigenvalue weighted by molar-refractivity contribution is 9.11. The molecule has 5 aliphatic carbocycles. The topological polar surface area (TPSA) is 92.3 Å². The molecule has 0 atom stereocenters. The molecule has 0 amide bonds. The molecular formula is C118H148B2Br8O10. The molecule has 138 heavy (non-hydrogen) atoms. The number of halogens is 8. The maximum absolute atomic E-state index is 6.08. The molecule has 10 aromatic carbocycles. The van der Waals surface area contributed by atoms with Crippen molar-refractivity contribution in [2.24, 2.45) is 0 Å². The Bertz CT molecular complexity index is 5060. The van der Waals surface area contributed by atoms with Crippen LogP contribution in [0.5, 0.6) is 0 Å². The van der Waals surface area contributed by atoms with Crippen LogP contribution < -0.4 is 10.9 Å². The van der Waals surface area contributed by atoms with Crippen molar-refractivity contribution in [2.45, 2.75) is 270 Å². The second-order valence-electron chi connectivity index (χ2n) is 38.0. The first-order chi connectivity index (χ1) is 66.5. The van der Waals surface area contributed by atoms with Gasteiger partial charge in [-0.25, -0.2) is 0 Å². The highest BCUT2D eigenvalue weighted by Gasteiger charge is 2.53. The van der Waals surface area contributed by atoms with Crippen molar-refractivity contribution in [2.75, 3.05) is 107 Å². The van der Waals surface area contributed by atoms with Crippen LogP contribution in [0.25, 0.3) is 55.6 Å². The van der Waals surface area contributed by atoms with Crippen LogP contribution in [0, 0.1) is 0 Å². The Morgan fingerprint density at radius 3 is 0.674 bits per heavy atom. The summed E-state index contributed by atoms with van der Waals surface area (Å²) in [5.41, 5.74) is 29.5. The largest absolute Gasteiger partial charge is 0.493 e. The fraction of sp³-hybridized carbons (Fsp3) is 0.492. The summed E-state index contributed by atoms with van der Waals surface area (Å²) in [4.78, 5) is 0. The molecule has 10 aromatic rings. The summed E-state index contributed by atoms with van der Waals surface area (Å²) in [5, 5.41) is 0. The lowest BCUT2D eigenvalue weighted by Gasteiger charge is -2.34. The number of benzene rings is 10. The standard InChI is InChI=1S/C35H52B2O4.C29H40Br2.C27H36Br2O6.C25H12Br4.2CH4/c1-3-5-7-9-11-13-21-35(22-14-12-10-8-6-4-2)33-27-29(36-38-23-15-24-39-36)17-19-31(33)32-20-18-30(28-34(32)35)37-40-25-16-26-41-37;1-3-5-7-9-11-13-19-29(20-14-12-10-8-6-4-2)27-21-23(30)15-17-25(27)26-18-16-24(31)22-28(26)29;1-30-11-13-34-17-15-32-9-7-27(8-10-33-16-18-35-14-12-31-2)25-19-21(28)3-5-23(25)24-6-4-22(29)20-26(24)27;26-13-1-5-17-18-6-2-14(27)10-22(18)25(21(17)9-13)23-11-15(28)3-7-19(23)20-8-4-16(29)12-24(20)25;;/h17-20,27-28H,3-16,21-26H2,1-2H3;15-18,21-22H,3-14,19-20H2,1-2H3;3-6,19-20H,7-18H2,1-2H3;1-12H;2*1H4. The van der Waals surface area contributed by atoms with Gasteiger partial charge >= 0.3 is 14.2 Å². The smallest absolute Gasteiger partial charge is 0.407 e. The van der Waals surface area contributed by atoms with Gasteiger partial charge in [0.1, 0.15) is 0 Å². The molecular weight excluding hydrogens is 2240 g/mol. The quantitative estimate of drug-likeness (QED) is 0.0271. The lowest BCUT2D eigenvalue weighted by Crippen LogP contribution is -2.42. The van der Waals surface area contributed by atoms with Crippen LogP contribution in [-0.2, 0) is 68.7 Å². The van der Waals surface area contributed by atoms with Crippen LogP contribution in [0.3, 0.4) is 0 Å². The van der Waals surface area contributed by atoms with Crippen LogP contribution >= 0.6 is 127 Å². The lowest BCUT2D eigenvalue weighted by atomic mass is 9.67. The Morgan fingerprint density at radius 2 is 0.428 bits per heavy atom. The third-order valence-corrected chi connectivity index (χ3v) is 33.0. The molecule has 0 aromatic heterocycles. The second kappa shape index (κ2) is 56.6. The Labute approximate surface area is 896 Å². The minimum absolute atomic E-state index is 0. The molecule has 2 aliphatic heterocycles. The number of hydrogen-bond acceptors (Lipinski definition) is 10. The minimum Gasteiger partial charge on any atom is -0.407 e. The van der Waals surface area contributed by atoms with Crippen LogP contribution in [0.4, 0.5) is 0 Å². The van der Waals surface area contributed by atoms with E-state index < -0.39 is 0 Å². The number of unbranched alkanes of at least 4 members (excludes halogenated alkanes) is 20. The van der Waals surface area contributed by atoms with Gasteiger partial charge < -0.3 is 47.0 Å². The lowest BCUT2D eigenvalue weighted by molar-refractivity contribution is 0.0145. The Balaban J connectivity index is 0.000000165. The molecule has 2 heterocycles. The number of fused-ring (bicyclic) bond motifs is 19. The van der Waals surface area contributed by atoms with E-state index in [2.05, 4.69) is 337 Å². The molecule has 10 nitrogen and oxygen atoms in total. The summed E-state index contributed by atoms with van der Waals surface area (Å²) in [6.45, 7) is 18.2. The molecule has 0 saturated carbocycles. The zero-order chi connectivity index (χ0) is 95.3. The van der Waals surface area contributed by atoms with E-state index in [9.17, 15) is 0 Å². The van der Waals surface area contributed by atoms with E-state index in [4.69, 9.17) is 47.0 Å². The zero-order valence-corrected chi connectivity index (χ0v) is 93.8. The molecule has 7 aliphatic rings. The molecule has 0 unspecified atom stereocenters. The second-order valence-corrected chi connectivity index (χ2v) is 45.3. The SMILES string of the molecule is Brc1ccc2c(c1)C1(c3cc(Br)ccc3-2)c2cc(Br)ccc2-c2ccc(Br)cc21.C.C.CCCCCCCCC1(CCCCCCCC)c2cc(B3OCCCO3)ccc2-c2ccc(B3OCCCO3)cc21.CCCCCCCCC1(CCCCCCCC)c2cc(Br)ccc2-c2ccc(Br)cc21.COCCOCCOCCC1(CCOCCOCCOC)c2cc(Br)ccc2-c2ccc(Br)cc21. The average Bonchev–Trinajstić information content (AvgIpc) is 1.50. The maximum Gasteiger partial charge on any atom is 0.493 e. The van der Waals surface area contributed by atoms with Gasteiger partial charge in [0.15, 0.2) is 0 Å². The van der Waals surface area contributed by atoms with Crippen LogP contribution in [0.15, 0.2) is 218 Å². The van der Waals surface area contributed by atoms with Gasteiger partial charge in [0, 0.05) is 106 Å². The fourth-order valence-electron chi connectivity index (χ4n) is 22.4. The molecule has 2 saturated heterocycles. The van der Waals surface area contributed by atoms with Crippen molar-refractivity contribution in [1.29, 1.82) is 0 Å². The van der Waals surface area contributed by atoms with Gasteiger partial charge in [0.2, 0.25) is 0 Å². The monoisotopic (exact) mass is 2380 g/mol. The fourth-order valence-corrected chi connectivity index (χ4v) is 25.3. The van der Waals surface area contributed by atoms with E-state index in [0.717, 1.165) is 78.9 Å². The van der Waals surface area contributed by atoms with E-state index in [0.29, 0.717) is 66.1 Å². The molecule has 17 rings (SSSR count). The highest BCUT2D eigenvalue weighted by atomic mass is 79.9. The van der Waals surface area contributed by atoms with Crippen molar-refractivity contribution in [1.82, 2.24) is 0 Å². The van der Waals surface area contributed by atoms with Gasteiger partial charge in [-0.15, -0.1) is 0 Å². The van der Waals surface area contributed by atoms with Crippen LogP contribution in [0.2, 0.25) is 0 Å². The summed E-state index contributed by atoms with van der Waals surface area (Å²) in [7, 11) is 2.84. The predicted molar refractivity (Wildman–Crippen MR) is 608 cm³/mol. The van der Waals surface area contributed by atoms with Gasteiger partial charge in [-0.2, -0.15) is 0 Å². The summed E-state index contributed by atoms with van der Waals surface area (Å²) < 4.78 is 66.5. The van der Waals surface area contributed by atoms with Crippen molar-refractivity contribution in [3.8, 4) is 55.6 Å². The molecule has 1 spiro atoms. The number of methoxy groups -OCH3 is 2. The average molecular weight is 2390 g/mol. The van der Waals surface area contributed by atoms with Gasteiger partial charge in [-0.1, -0.05) is 409 Å². The first kappa shape index (κ1) is 113. The third kappa shape index (κ3) is 27.2. The Kier molecular flexibility index (Phi) is 46.2. The molecule has 742 valence electrons. The van der Waals surface area contributed by atoms with Gasteiger partial charge in [0.25, 0.3) is 0 Å². The highest BCUT2D eigenvalue weighted by Crippen LogP contribution is 2.65. The van der Waals surface area contributed by atoms with E-state index in [-0.39, 0.29) is 50.8 Å². The van der Waals surface area contributed by atoms with Gasteiger partial charge in [-0.3, -0.25) is 0 Å². The third-order valence-electron chi connectivity index (χ3n) is 29.1. The van der Waals surface area contributed by atoms with E-state index >= 15 is 0 Å². The predicted octanol–water partition coefficient (Wildman–Crippen LogP) is 34.7. The maximum atomic E-state index is 6.08. The van der Waals surface area contributed by atoms with Gasteiger partial charge in [-0.05, 0) is 271 Å².